The van der Waals surface area contributed by atoms with Crippen molar-refractivity contribution in [2.75, 3.05) is 0 Å². The summed E-state index contributed by atoms with van der Waals surface area (Å²) in [7, 11) is 0. The summed E-state index contributed by atoms with van der Waals surface area (Å²) in [6.45, 7) is 0. The van der Waals surface area contributed by atoms with Crippen molar-refractivity contribution in [3.05, 3.63) is 121 Å². The van der Waals surface area contributed by atoms with Gasteiger partial charge in [-0.25, -0.2) is 0 Å². The molecule has 0 aliphatic rings. The van der Waals surface area contributed by atoms with Gasteiger partial charge in [-0.3, -0.25) is 0 Å². The minimum atomic E-state index is 0. The third-order valence-electron chi connectivity index (χ3n) is 0. The summed E-state index contributed by atoms with van der Waals surface area (Å²) in [5.41, 5.74) is 0. The van der Waals surface area contributed by atoms with Crippen molar-refractivity contribution in [1.82, 2.24) is 0 Å². The van der Waals surface area contributed by atoms with Crippen LogP contribution in [0.4, 0.5) is 0 Å². The van der Waals surface area contributed by atoms with E-state index in [1.54, 1.807) is 0 Å². The molecule has 0 heterocycles. The zero-order valence-electron chi connectivity index (χ0n) is 16.8. The van der Waals surface area contributed by atoms with Crippen molar-refractivity contribution in [2.24, 2.45) is 64.1 Å². The molecular weight excluding hydrogens is 846 g/mol. The largest absolute Gasteiger partial charge is 2.00 e. The van der Waals surface area contributed by atoms with Crippen LogP contribution in [0.25, 0.3) is 0 Å². The second kappa shape index (κ2) is 780. The summed E-state index contributed by atoms with van der Waals surface area (Å²) >= 11 is 0. The molecule has 0 N–H and O–H groups in total. The minimum absolute atomic E-state index is 0. The molecule has 0 amide bonds. The van der Waals surface area contributed by atoms with Crippen LogP contribution < -0.4 is 0 Å². The first-order chi connectivity index (χ1) is 17.0. The van der Waals surface area contributed by atoms with Crippen LogP contribution in [0.5, 0.6) is 0 Å². The average molecular weight is 846 g/mol. The van der Waals surface area contributed by atoms with Gasteiger partial charge in [0.05, 0.1) is 0 Å². The number of rotatable bonds is 0. The molecule has 0 aliphatic carbocycles. The SMILES string of the molecule is O=N[O-].O=N[O-].O=N[O-].O=N[O-].O=N[O-].O=N[O-].O=N[O-].O=N[O-].O=N[O-].O=N[O-].O=N[O-].O=N[O-].[Co].[Co].[Ni+2].[Ni+2].[Ni+2]. The molecule has 41 heavy (non-hydrogen) atoms. The Kier molecular flexibility index (Phi) is 2310. The van der Waals surface area contributed by atoms with E-state index >= 15 is 0 Å². The molecule has 41 heteroatoms. The summed E-state index contributed by atoms with van der Waals surface area (Å²) < 4.78 is 0. The van der Waals surface area contributed by atoms with Gasteiger partial charge < -0.3 is 121 Å². The Bertz CT molecular complexity index is 279. The maximum atomic E-state index is 8.00. The van der Waals surface area contributed by atoms with E-state index < -0.39 is 0 Å². The van der Waals surface area contributed by atoms with Gasteiger partial charge in [0, 0.05) is 33.6 Å². The molecular formula is Co2N12Ni3O24-6. The van der Waals surface area contributed by atoms with E-state index in [1.807, 2.05) is 0 Å². The molecule has 0 atom stereocenters. The van der Waals surface area contributed by atoms with Gasteiger partial charge in [0.2, 0.25) is 0 Å². The second-order valence-corrected chi connectivity index (χ2v) is 0.894. The third kappa shape index (κ3) is 1770. The smallest absolute Gasteiger partial charge is 0.444 e. The summed E-state index contributed by atoms with van der Waals surface area (Å²) in [4.78, 5) is 96.0. The van der Waals surface area contributed by atoms with Crippen LogP contribution in [0, 0.1) is 121 Å². The van der Waals surface area contributed by atoms with Crippen LogP contribution in [-0.2, 0) is 83.0 Å². The van der Waals surface area contributed by atoms with Gasteiger partial charge in [0.15, 0.2) is 0 Å². The monoisotopic (exact) mass is 844 g/mol. The molecule has 2 radical (unpaired) electrons. The second-order valence-electron chi connectivity index (χ2n) is 0.894. The zero-order chi connectivity index (χ0) is 32.5. The standard InChI is InChI=1S/2Co.12HNO2.3Ni/c;;12*2-1-3;;;/h;;12*(H,2,3);;;/q;;;;;;;;;;;;;;3*+2/p-12. The quantitative estimate of drug-likeness (QED) is 0.192. The molecule has 0 aromatic heterocycles. The molecule has 0 aromatic carbocycles. The number of hydrogen-bond donors (Lipinski definition) is 0. The normalized spacial score (nSPS) is 3.51. The van der Waals surface area contributed by atoms with Gasteiger partial charge in [-0.2, -0.15) is 0 Å². The van der Waals surface area contributed by atoms with Crippen molar-refractivity contribution in [3.63, 3.8) is 0 Å². The Balaban J connectivity index is -0.0000000101. The summed E-state index contributed by atoms with van der Waals surface area (Å²) in [5.74, 6) is 0. The summed E-state index contributed by atoms with van der Waals surface area (Å²) in [6, 6.07) is 0. The van der Waals surface area contributed by atoms with Crippen LogP contribution in [0.2, 0.25) is 0 Å². The van der Waals surface area contributed by atoms with E-state index in [1.165, 1.54) is 0 Å². The molecule has 36 nitrogen and oxygen atoms in total. The fraction of sp³-hybridized carbons (Fsp3) is 0. The molecule has 0 unspecified atom stereocenters. The number of hydrogen-bond acceptors (Lipinski definition) is 36. The van der Waals surface area contributed by atoms with Gasteiger partial charge >= 0.3 is 49.5 Å². The van der Waals surface area contributed by atoms with Crippen LogP contribution in [0.3, 0.4) is 0 Å². The maximum Gasteiger partial charge on any atom is 2.00 e. The maximum absolute atomic E-state index is 8.00. The minimum Gasteiger partial charge on any atom is -0.444 e. The van der Waals surface area contributed by atoms with E-state index in [9.17, 15) is 0 Å². The van der Waals surface area contributed by atoms with Gasteiger partial charge in [-0.1, -0.05) is 0 Å². The van der Waals surface area contributed by atoms with Crippen molar-refractivity contribution >= 4 is 0 Å². The average Bonchev–Trinajstić information content (AvgIpc) is 2.75. The predicted octanol–water partition coefficient (Wildman–Crippen LogP) is 2.99. The van der Waals surface area contributed by atoms with Crippen LogP contribution in [0.15, 0.2) is 64.1 Å². The van der Waals surface area contributed by atoms with Gasteiger partial charge in [0.1, 0.15) is 0 Å². The van der Waals surface area contributed by atoms with Crippen molar-refractivity contribution in [3.8, 4) is 0 Å². The summed E-state index contributed by atoms with van der Waals surface area (Å²) in [6.07, 6.45) is 0. The van der Waals surface area contributed by atoms with Crippen molar-refractivity contribution < 1.29 is 83.0 Å². The van der Waals surface area contributed by atoms with Crippen molar-refractivity contribution in [2.45, 2.75) is 0 Å². The van der Waals surface area contributed by atoms with Gasteiger partial charge in [-0.05, 0) is 0 Å². The molecule has 0 bridgehead atoms. The van der Waals surface area contributed by atoms with Crippen LogP contribution in [-0.4, -0.2) is 0 Å². The molecule has 0 aliphatic heterocycles. The fourth-order valence-electron chi connectivity index (χ4n) is 0. The number of nitrogens with zero attached hydrogens (tertiary/aromatic N) is 12. The Morgan fingerprint density at radius 3 is 0.195 bits per heavy atom. The van der Waals surface area contributed by atoms with Crippen LogP contribution in [0.1, 0.15) is 0 Å². The molecule has 258 valence electrons. The molecule has 0 aromatic rings. The Morgan fingerprint density at radius 2 is 0.195 bits per heavy atom. The Labute approximate surface area is 268 Å². The molecule has 0 saturated carbocycles. The zero-order valence-corrected chi connectivity index (χ0v) is 21.8. The van der Waals surface area contributed by atoms with Gasteiger partial charge in [0.25, 0.3) is 0 Å². The third-order valence-corrected chi connectivity index (χ3v) is 0. The van der Waals surface area contributed by atoms with Crippen molar-refractivity contribution in [1.29, 1.82) is 0 Å². The molecule has 0 saturated heterocycles. The predicted molar refractivity (Wildman–Crippen MR) is 110 cm³/mol. The van der Waals surface area contributed by atoms with E-state index in [-0.39, 0.29) is 83.0 Å². The Morgan fingerprint density at radius 1 is 0.195 bits per heavy atom. The summed E-state index contributed by atoms with van der Waals surface area (Å²) in [5, 5.41) is 108. The van der Waals surface area contributed by atoms with E-state index in [2.05, 4.69) is 0 Å². The molecule has 0 rings (SSSR count). The fourth-order valence-corrected chi connectivity index (χ4v) is 0. The van der Waals surface area contributed by atoms with E-state index in [4.69, 9.17) is 121 Å². The molecule has 0 fully saturated rings. The molecule has 0 spiro atoms. The Hall–Kier alpha value is -4.71. The first-order valence-corrected chi connectivity index (χ1v) is 4.38. The van der Waals surface area contributed by atoms with E-state index in [0.717, 1.165) is 64.1 Å². The topological polar surface area (TPSA) is 630 Å². The van der Waals surface area contributed by atoms with Gasteiger partial charge in [-0.15, -0.1) is 64.1 Å². The van der Waals surface area contributed by atoms with Crippen LogP contribution >= 0.6 is 0 Å². The first-order valence-electron chi connectivity index (χ1n) is 4.38. The first kappa shape index (κ1) is 121. The van der Waals surface area contributed by atoms with E-state index in [0.29, 0.717) is 0 Å².